The van der Waals surface area contributed by atoms with Crippen LogP contribution in [0, 0.1) is 5.82 Å². The maximum atomic E-state index is 15.2. The van der Waals surface area contributed by atoms with E-state index in [-0.39, 0.29) is 24.7 Å². The topological polar surface area (TPSA) is 97.1 Å². The molecule has 0 saturated carbocycles. The standard InChI is InChI=1S/C23H30ClFN6O2/c1-12(2)26-10-20-29-22-16(25)7-14(8-18(22)31(20)13(3)4)21-15(24)9-27-23(30-21)28-17-5-6-33-11-19(17)32/h7-9,12-13,17,19,26,32H,5-6,10-11H2,1-4H3,(H,27,28,30)/t17-,19-/m1/s1. The van der Waals surface area contributed by atoms with Crippen molar-refractivity contribution in [2.24, 2.45) is 0 Å². The van der Waals surface area contributed by atoms with Gasteiger partial charge in [-0.05, 0) is 32.4 Å². The van der Waals surface area contributed by atoms with Crippen molar-refractivity contribution in [3.05, 3.63) is 35.0 Å². The monoisotopic (exact) mass is 476 g/mol. The van der Waals surface area contributed by atoms with Crippen LogP contribution in [0.4, 0.5) is 10.3 Å². The highest BCUT2D eigenvalue weighted by atomic mass is 35.5. The lowest BCUT2D eigenvalue weighted by Gasteiger charge is -2.28. The van der Waals surface area contributed by atoms with E-state index >= 15 is 4.39 Å². The number of aromatic nitrogens is 4. The van der Waals surface area contributed by atoms with Crippen molar-refractivity contribution in [3.63, 3.8) is 0 Å². The Kier molecular flexibility index (Phi) is 7.13. The number of halogens is 2. The summed E-state index contributed by atoms with van der Waals surface area (Å²) in [5, 5.41) is 17.0. The van der Waals surface area contributed by atoms with Crippen LogP contribution in [0.1, 0.15) is 46.0 Å². The molecule has 0 aliphatic carbocycles. The van der Waals surface area contributed by atoms with E-state index in [1.54, 1.807) is 0 Å². The van der Waals surface area contributed by atoms with Crippen molar-refractivity contribution in [1.29, 1.82) is 0 Å². The molecule has 0 unspecified atom stereocenters. The average molecular weight is 477 g/mol. The predicted octanol–water partition coefficient (Wildman–Crippen LogP) is 3.93. The van der Waals surface area contributed by atoms with Gasteiger partial charge in [-0.1, -0.05) is 25.4 Å². The highest BCUT2D eigenvalue weighted by Gasteiger charge is 2.25. The van der Waals surface area contributed by atoms with Gasteiger partial charge in [0, 0.05) is 24.3 Å². The van der Waals surface area contributed by atoms with Crippen LogP contribution in [-0.4, -0.2) is 56.0 Å². The van der Waals surface area contributed by atoms with E-state index < -0.39 is 11.9 Å². The third-order valence-corrected chi connectivity index (χ3v) is 5.94. The smallest absolute Gasteiger partial charge is 0.223 e. The molecule has 33 heavy (non-hydrogen) atoms. The first-order chi connectivity index (χ1) is 15.7. The molecule has 1 fully saturated rings. The second-order valence-corrected chi connectivity index (χ2v) is 9.33. The summed E-state index contributed by atoms with van der Waals surface area (Å²) in [6, 6.07) is 3.41. The summed E-state index contributed by atoms with van der Waals surface area (Å²) in [6.07, 6.45) is 1.45. The first kappa shape index (κ1) is 23.8. The fourth-order valence-electron chi connectivity index (χ4n) is 4.03. The van der Waals surface area contributed by atoms with Crippen LogP contribution in [-0.2, 0) is 11.3 Å². The molecule has 3 aromatic rings. The third kappa shape index (κ3) is 5.11. The number of nitrogens with one attached hydrogen (secondary N) is 2. The first-order valence-corrected chi connectivity index (χ1v) is 11.6. The summed E-state index contributed by atoms with van der Waals surface area (Å²) in [5.41, 5.74) is 1.95. The fraction of sp³-hybridized carbons (Fsp3) is 0.522. The van der Waals surface area contributed by atoms with Gasteiger partial charge in [0.15, 0.2) is 5.82 Å². The zero-order valence-electron chi connectivity index (χ0n) is 19.3. The highest BCUT2D eigenvalue weighted by Crippen LogP contribution is 2.32. The van der Waals surface area contributed by atoms with Gasteiger partial charge in [-0.25, -0.2) is 19.3 Å². The molecule has 4 rings (SSSR count). The van der Waals surface area contributed by atoms with Gasteiger partial charge in [-0.15, -0.1) is 0 Å². The van der Waals surface area contributed by atoms with Crippen molar-refractivity contribution < 1.29 is 14.2 Å². The molecule has 0 bridgehead atoms. The van der Waals surface area contributed by atoms with E-state index in [0.29, 0.717) is 52.8 Å². The minimum Gasteiger partial charge on any atom is -0.389 e. The number of hydrogen-bond acceptors (Lipinski definition) is 7. The van der Waals surface area contributed by atoms with Crippen LogP contribution in [0.25, 0.3) is 22.3 Å². The minimum atomic E-state index is -0.659. The van der Waals surface area contributed by atoms with Crippen LogP contribution in [0.3, 0.4) is 0 Å². The highest BCUT2D eigenvalue weighted by molar-refractivity contribution is 6.33. The van der Waals surface area contributed by atoms with Gasteiger partial charge >= 0.3 is 0 Å². The summed E-state index contributed by atoms with van der Waals surface area (Å²) in [7, 11) is 0. The Morgan fingerprint density at radius 3 is 2.76 bits per heavy atom. The van der Waals surface area contributed by atoms with Gasteiger partial charge in [0.25, 0.3) is 0 Å². The maximum absolute atomic E-state index is 15.2. The summed E-state index contributed by atoms with van der Waals surface area (Å²) < 4.78 is 22.5. The summed E-state index contributed by atoms with van der Waals surface area (Å²) >= 11 is 6.42. The van der Waals surface area contributed by atoms with E-state index in [1.807, 2.05) is 24.5 Å². The van der Waals surface area contributed by atoms with E-state index in [2.05, 4.69) is 39.4 Å². The molecule has 0 amide bonds. The fourth-order valence-corrected chi connectivity index (χ4v) is 4.23. The summed E-state index contributed by atoms with van der Waals surface area (Å²) in [5.74, 6) is 0.658. The molecule has 2 atom stereocenters. The van der Waals surface area contributed by atoms with Crippen molar-refractivity contribution in [2.45, 2.75) is 64.9 Å². The zero-order valence-corrected chi connectivity index (χ0v) is 20.0. The van der Waals surface area contributed by atoms with E-state index in [1.165, 1.54) is 12.3 Å². The molecule has 3 heterocycles. The van der Waals surface area contributed by atoms with Crippen molar-refractivity contribution >= 4 is 28.6 Å². The number of imidazole rings is 1. The van der Waals surface area contributed by atoms with Crippen molar-refractivity contribution in [2.75, 3.05) is 18.5 Å². The zero-order chi connectivity index (χ0) is 23.7. The number of ether oxygens (including phenoxy) is 1. The lowest BCUT2D eigenvalue weighted by Crippen LogP contribution is -2.42. The number of hydrogen-bond donors (Lipinski definition) is 3. The quantitative estimate of drug-likeness (QED) is 0.475. The lowest BCUT2D eigenvalue weighted by atomic mass is 10.1. The second-order valence-electron chi connectivity index (χ2n) is 8.93. The van der Waals surface area contributed by atoms with Crippen LogP contribution >= 0.6 is 11.6 Å². The van der Waals surface area contributed by atoms with E-state index in [0.717, 1.165) is 5.82 Å². The Morgan fingerprint density at radius 2 is 2.06 bits per heavy atom. The first-order valence-electron chi connectivity index (χ1n) is 11.2. The molecule has 178 valence electrons. The Bertz CT molecular complexity index is 1140. The predicted molar refractivity (Wildman–Crippen MR) is 127 cm³/mol. The molecule has 0 spiro atoms. The van der Waals surface area contributed by atoms with Gasteiger partial charge in [-0.3, -0.25) is 0 Å². The third-order valence-electron chi connectivity index (χ3n) is 5.66. The number of anilines is 1. The van der Waals surface area contributed by atoms with Gasteiger partial charge < -0.3 is 25.0 Å². The number of rotatable bonds is 7. The largest absolute Gasteiger partial charge is 0.389 e. The molecule has 1 aliphatic heterocycles. The molecular formula is C23H30ClFN6O2. The minimum absolute atomic E-state index is 0.0849. The molecule has 2 aromatic heterocycles. The Morgan fingerprint density at radius 1 is 1.27 bits per heavy atom. The second kappa shape index (κ2) is 9.89. The lowest BCUT2D eigenvalue weighted by molar-refractivity contribution is -0.0136. The number of aliphatic hydroxyl groups excluding tert-OH is 1. The SMILES string of the molecule is CC(C)NCc1nc2c(F)cc(-c3nc(N[C@@H]4CCOC[C@H]4O)ncc3Cl)cc2n1C(C)C. The summed E-state index contributed by atoms with van der Waals surface area (Å²) in [6.45, 7) is 9.55. The molecule has 10 heteroatoms. The molecular weight excluding hydrogens is 447 g/mol. The molecule has 8 nitrogen and oxygen atoms in total. The number of benzene rings is 1. The van der Waals surface area contributed by atoms with Crippen molar-refractivity contribution in [1.82, 2.24) is 24.8 Å². The van der Waals surface area contributed by atoms with Gasteiger partial charge in [0.1, 0.15) is 11.3 Å². The van der Waals surface area contributed by atoms with Gasteiger partial charge in [0.2, 0.25) is 5.95 Å². The number of fused-ring (bicyclic) bond motifs is 1. The molecule has 1 aliphatic rings. The van der Waals surface area contributed by atoms with Crippen LogP contribution in [0.5, 0.6) is 0 Å². The number of nitrogens with zero attached hydrogens (tertiary/aromatic N) is 4. The molecule has 0 radical (unpaired) electrons. The average Bonchev–Trinajstić information content (AvgIpc) is 3.14. The van der Waals surface area contributed by atoms with Crippen LogP contribution in [0.2, 0.25) is 5.02 Å². The van der Waals surface area contributed by atoms with Crippen LogP contribution < -0.4 is 10.6 Å². The normalized spacial score (nSPS) is 19.1. The van der Waals surface area contributed by atoms with Crippen molar-refractivity contribution in [3.8, 4) is 11.3 Å². The van der Waals surface area contributed by atoms with Gasteiger partial charge in [0.05, 0.1) is 47.7 Å². The van der Waals surface area contributed by atoms with E-state index in [9.17, 15) is 5.11 Å². The molecule has 1 aromatic carbocycles. The number of aliphatic hydroxyl groups is 1. The molecule has 3 N–H and O–H groups in total. The summed E-state index contributed by atoms with van der Waals surface area (Å²) in [4.78, 5) is 13.4. The van der Waals surface area contributed by atoms with Gasteiger partial charge in [-0.2, -0.15) is 0 Å². The van der Waals surface area contributed by atoms with E-state index in [4.69, 9.17) is 16.3 Å². The molecule has 1 saturated heterocycles. The van der Waals surface area contributed by atoms with Crippen LogP contribution in [0.15, 0.2) is 18.3 Å². The Balaban J connectivity index is 1.74. The Labute approximate surface area is 197 Å². The maximum Gasteiger partial charge on any atom is 0.223 e. The Hall–Kier alpha value is -2.33.